The van der Waals surface area contributed by atoms with E-state index in [2.05, 4.69) is 12.1 Å². The van der Waals surface area contributed by atoms with E-state index in [1.807, 2.05) is 65.6 Å². The number of nitrogens with zero attached hydrogens (tertiary/aromatic N) is 3. The van der Waals surface area contributed by atoms with Crippen LogP contribution in [0.4, 0.5) is 5.69 Å². The maximum Gasteiger partial charge on any atom is 0.176 e. The molecule has 2 aliphatic heterocycles. The molecule has 0 radical (unpaired) electrons. The molecular weight excluding hydrogens is 374 g/mol. The Kier molecular flexibility index (Phi) is 4.15. The molecule has 5 nitrogen and oxygen atoms in total. The highest BCUT2D eigenvalue weighted by Gasteiger charge is 2.64. The molecule has 5 rings (SSSR count). The molecule has 2 aromatic rings. The topological polar surface area (TPSA) is 77.1 Å². The predicted octanol–water partition coefficient (Wildman–Crippen LogP) is 4.08. The standard InChI is InChI=1S/C25H21N3O2/c1-30-19-11-8-17(9-12-19)22-23(24(29)18-6-7-18)28-20-5-3-2-4-16(20)10-13-21(28)25(22,14-26)15-27/h2-5,8-13,18,21-23H,6-7H2,1H3/t21-,22-,23-/m0/s1. The molecule has 0 N–H and O–H groups in total. The Balaban J connectivity index is 1.74. The number of fused-ring (bicyclic) bond motifs is 3. The second kappa shape index (κ2) is 6.75. The molecule has 30 heavy (non-hydrogen) atoms. The van der Waals surface area contributed by atoms with Crippen molar-refractivity contribution in [1.29, 1.82) is 10.5 Å². The lowest BCUT2D eigenvalue weighted by molar-refractivity contribution is -0.121. The number of rotatable bonds is 4. The van der Waals surface area contributed by atoms with Crippen molar-refractivity contribution in [3.63, 3.8) is 0 Å². The lowest BCUT2D eigenvalue weighted by atomic mass is 9.69. The lowest BCUT2D eigenvalue weighted by Gasteiger charge is -2.35. The Labute approximate surface area is 175 Å². The van der Waals surface area contributed by atoms with E-state index < -0.39 is 23.4 Å². The third kappa shape index (κ3) is 2.49. The van der Waals surface area contributed by atoms with Gasteiger partial charge in [-0.15, -0.1) is 0 Å². The number of ether oxygens (including phenoxy) is 1. The van der Waals surface area contributed by atoms with Gasteiger partial charge in [0.1, 0.15) is 5.75 Å². The Morgan fingerprint density at radius 1 is 1.10 bits per heavy atom. The number of methoxy groups -OCH3 is 1. The van der Waals surface area contributed by atoms with Crippen LogP contribution in [-0.2, 0) is 4.79 Å². The summed E-state index contributed by atoms with van der Waals surface area (Å²) in [4.78, 5) is 15.6. The summed E-state index contributed by atoms with van der Waals surface area (Å²) in [5.74, 6) is 0.303. The van der Waals surface area contributed by atoms with Crippen molar-refractivity contribution in [3.05, 3.63) is 65.7 Å². The Bertz CT molecular complexity index is 1100. The summed E-state index contributed by atoms with van der Waals surface area (Å²) in [6.07, 6.45) is 5.65. The van der Waals surface area contributed by atoms with Crippen molar-refractivity contribution in [2.75, 3.05) is 12.0 Å². The number of Topliss-reactive ketones (excluding diaryl/α,β-unsaturated/α-hetero) is 1. The van der Waals surface area contributed by atoms with Crippen molar-refractivity contribution < 1.29 is 9.53 Å². The van der Waals surface area contributed by atoms with Crippen LogP contribution < -0.4 is 9.64 Å². The number of nitriles is 2. The fourth-order valence-corrected chi connectivity index (χ4v) is 5.05. The van der Waals surface area contributed by atoms with Gasteiger partial charge in [-0.1, -0.05) is 42.5 Å². The Morgan fingerprint density at radius 3 is 2.43 bits per heavy atom. The zero-order valence-electron chi connectivity index (χ0n) is 16.7. The van der Waals surface area contributed by atoms with Crippen LogP contribution in [0.3, 0.4) is 0 Å². The number of benzene rings is 2. The molecule has 5 heteroatoms. The van der Waals surface area contributed by atoms with Gasteiger partial charge in [-0.05, 0) is 42.2 Å². The van der Waals surface area contributed by atoms with Crippen molar-refractivity contribution in [3.8, 4) is 17.9 Å². The van der Waals surface area contributed by atoms with Crippen LogP contribution in [0.2, 0.25) is 0 Å². The third-order valence-electron chi connectivity index (χ3n) is 6.66. The fourth-order valence-electron chi connectivity index (χ4n) is 5.05. The molecule has 2 heterocycles. The number of carbonyl (C=O) groups excluding carboxylic acids is 1. The van der Waals surface area contributed by atoms with Crippen LogP contribution >= 0.6 is 0 Å². The van der Waals surface area contributed by atoms with E-state index in [-0.39, 0.29) is 11.7 Å². The highest BCUT2D eigenvalue weighted by molar-refractivity contribution is 5.95. The SMILES string of the molecule is COc1ccc([C@H]2[C@@H](C(=O)C3CC3)N3c4ccccc4C=C[C@H]3C2(C#N)C#N)cc1. The van der Waals surface area contributed by atoms with Crippen molar-refractivity contribution in [2.24, 2.45) is 11.3 Å². The highest BCUT2D eigenvalue weighted by atomic mass is 16.5. The maximum absolute atomic E-state index is 13.6. The molecule has 1 saturated heterocycles. The van der Waals surface area contributed by atoms with Gasteiger partial charge in [0.25, 0.3) is 0 Å². The quantitative estimate of drug-likeness (QED) is 0.780. The van der Waals surface area contributed by atoms with Crippen molar-refractivity contribution in [1.82, 2.24) is 0 Å². The van der Waals surface area contributed by atoms with Crippen LogP contribution in [0, 0.1) is 34.0 Å². The van der Waals surface area contributed by atoms with Crippen molar-refractivity contribution >= 4 is 17.5 Å². The normalized spacial score (nSPS) is 25.6. The molecule has 2 fully saturated rings. The summed E-state index contributed by atoms with van der Waals surface area (Å²) in [6.45, 7) is 0. The summed E-state index contributed by atoms with van der Waals surface area (Å²) in [6, 6.07) is 18.9. The number of anilines is 1. The number of ketones is 1. The minimum Gasteiger partial charge on any atom is -0.497 e. The number of hydrogen-bond donors (Lipinski definition) is 0. The van der Waals surface area contributed by atoms with Gasteiger partial charge in [0.15, 0.2) is 11.2 Å². The largest absolute Gasteiger partial charge is 0.497 e. The molecule has 0 amide bonds. The average molecular weight is 395 g/mol. The van der Waals surface area contributed by atoms with Crippen LogP contribution in [0.5, 0.6) is 5.75 Å². The second-order valence-corrected chi connectivity index (χ2v) is 8.23. The fraction of sp³-hybridized carbons (Fsp3) is 0.320. The van der Waals surface area contributed by atoms with Crippen LogP contribution in [0.15, 0.2) is 54.6 Å². The zero-order valence-corrected chi connectivity index (χ0v) is 16.7. The number of hydrogen-bond acceptors (Lipinski definition) is 5. The van der Waals surface area contributed by atoms with Crippen LogP contribution in [0.25, 0.3) is 6.08 Å². The second-order valence-electron chi connectivity index (χ2n) is 8.23. The van der Waals surface area contributed by atoms with E-state index in [0.29, 0.717) is 5.75 Å². The van der Waals surface area contributed by atoms with E-state index in [4.69, 9.17) is 4.74 Å². The number of para-hydroxylation sites is 1. The summed E-state index contributed by atoms with van der Waals surface area (Å²) < 4.78 is 5.28. The Morgan fingerprint density at radius 2 is 1.80 bits per heavy atom. The molecule has 1 saturated carbocycles. The smallest absolute Gasteiger partial charge is 0.176 e. The predicted molar refractivity (Wildman–Crippen MR) is 113 cm³/mol. The van der Waals surface area contributed by atoms with Crippen LogP contribution in [0.1, 0.15) is 29.9 Å². The minimum absolute atomic E-state index is 0.0163. The van der Waals surface area contributed by atoms with Gasteiger partial charge in [0.05, 0.1) is 31.3 Å². The third-order valence-corrected chi connectivity index (χ3v) is 6.66. The van der Waals surface area contributed by atoms with E-state index in [1.54, 1.807) is 7.11 Å². The van der Waals surface area contributed by atoms with E-state index in [1.165, 1.54) is 0 Å². The monoisotopic (exact) mass is 395 g/mol. The zero-order chi connectivity index (χ0) is 20.9. The first kappa shape index (κ1) is 18.5. The van der Waals surface area contributed by atoms with Gasteiger partial charge in [-0.25, -0.2) is 0 Å². The first-order valence-corrected chi connectivity index (χ1v) is 10.2. The van der Waals surface area contributed by atoms with Gasteiger partial charge >= 0.3 is 0 Å². The van der Waals surface area contributed by atoms with E-state index >= 15 is 0 Å². The summed E-state index contributed by atoms with van der Waals surface area (Å²) in [5.41, 5.74) is 1.36. The molecule has 2 aromatic carbocycles. The van der Waals surface area contributed by atoms with Gasteiger partial charge in [0, 0.05) is 17.5 Å². The van der Waals surface area contributed by atoms with Crippen molar-refractivity contribution in [2.45, 2.75) is 30.8 Å². The maximum atomic E-state index is 13.6. The molecule has 3 aliphatic rings. The molecule has 0 bridgehead atoms. The summed E-state index contributed by atoms with van der Waals surface area (Å²) in [7, 11) is 1.60. The summed E-state index contributed by atoms with van der Waals surface area (Å²) >= 11 is 0. The molecule has 1 aliphatic carbocycles. The molecule has 148 valence electrons. The first-order valence-electron chi connectivity index (χ1n) is 10.2. The van der Waals surface area contributed by atoms with Gasteiger partial charge in [-0.3, -0.25) is 4.79 Å². The van der Waals surface area contributed by atoms with E-state index in [9.17, 15) is 15.3 Å². The molecule has 3 atom stereocenters. The van der Waals surface area contributed by atoms with E-state index in [0.717, 1.165) is 29.7 Å². The first-order chi connectivity index (χ1) is 14.6. The molecule has 0 aromatic heterocycles. The van der Waals surface area contributed by atoms with Gasteiger partial charge in [0.2, 0.25) is 0 Å². The Hall–Kier alpha value is -3.57. The van der Waals surface area contributed by atoms with Crippen LogP contribution in [-0.4, -0.2) is 25.0 Å². The summed E-state index contributed by atoms with van der Waals surface area (Å²) in [5, 5.41) is 20.6. The minimum atomic E-state index is -1.37. The van der Waals surface area contributed by atoms with Gasteiger partial charge in [-0.2, -0.15) is 10.5 Å². The lowest BCUT2D eigenvalue weighted by Crippen LogP contribution is -2.44. The molecule has 0 spiro atoms. The molecular formula is C25H21N3O2. The average Bonchev–Trinajstić information content (AvgIpc) is 3.60. The number of carbonyl (C=O) groups is 1. The van der Waals surface area contributed by atoms with Gasteiger partial charge < -0.3 is 9.64 Å². The highest BCUT2D eigenvalue weighted by Crippen LogP contribution is 2.56. The molecule has 0 unspecified atom stereocenters.